The summed E-state index contributed by atoms with van der Waals surface area (Å²) in [4.78, 5) is 47.3. The molecular weight excluding hydrogens is 496 g/mol. The second-order valence-electron chi connectivity index (χ2n) is 8.26. The highest BCUT2D eigenvalue weighted by atomic mass is 35.5. The minimum Gasteiger partial charge on any atom is -0.399 e. The number of nitrogens with zero attached hydrogens (tertiary/aromatic N) is 2. The maximum atomic E-state index is 12.4. The van der Waals surface area contributed by atoms with E-state index in [1.54, 1.807) is 42.5 Å². The standard InChI is InChI=1S/C26H25ClN6O4/c1-14(34)11-23(36)30-20-9-7-18(28)13-22(20)32-33-26-21(31-24(37)12-15(2)35)10-8-19(29)25(26)16-3-5-17(27)6-4-16/h3-10,13H,11-12,28-29H2,1-2H3,(H,30,36)(H,31,37). The zero-order valence-electron chi connectivity index (χ0n) is 20.2. The maximum Gasteiger partial charge on any atom is 0.231 e. The van der Waals surface area contributed by atoms with Gasteiger partial charge in [0, 0.05) is 22.0 Å². The second kappa shape index (κ2) is 11.9. The zero-order chi connectivity index (χ0) is 27.1. The predicted octanol–water partition coefficient (Wildman–Crippen LogP) is 5.42. The topological polar surface area (TPSA) is 169 Å². The number of carbonyl (C=O) groups excluding carboxylic acids is 4. The van der Waals surface area contributed by atoms with Crippen LogP contribution in [0.2, 0.25) is 5.02 Å². The molecule has 10 nitrogen and oxygen atoms in total. The van der Waals surface area contributed by atoms with Crippen molar-refractivity contribution < 1.29 is 19.2 Å². The lowest BCUT2D eigenvalue weighted by Crippen LogP contribution is -2.15. The van der Waals surface area contributed by atoms with Crippen molar-refractivity contribution in [3.05, 3.63) is 59.6 Å². The SMILES string of the molecule is CC(=O)CC(=O)Nc1ccc(N)cc1N=Nc1c(NC(=O)CC(C)=O)ccc(N)c1-c1ccc(Cl)cc1. The number of nitrogens with two attached hydrogens (primary N) is 2. The van der Waals surface area contributed by atoms with Gasteiger partial charge in [-0.05, 0) is 61.9 Å². The lowest BCUT2D eigenvalue weighted by atomic mass is 10.0. The van der Waals surface area contributed by atoms with Crippen LogP contribution in [-0.2, 0) is 19.2 Å². The molecule has 0 radical (unpaired) electrons. The van der Waals surface area contributed by atoms with Gasteiger partial charge in [0.15, 0.2) is 0 Å². The smallest absolute Gasteiger partial charge is 0.231 e. The van der Waals surface area contributed by atoms with Crippen molar-refractivity contribution in [2.24, 2.45) is 10.2 Å². The highest BCUT2D eigenvalue weighted by molar-refractivity contribution is 6.30. The molecule has 3 aromatic rings. The Kier molecular flexibility index (Phi) is 8.70. The number of azo groups is 1. The summed E-state index contributed by atoms with van der Waals surface area (Å²) in [6, 6.07) is 14.6. The molecule has 0 aliphatic carbocycles. The van der Waals surface area contributed by atoms with Crippen LogP contribution in [0.1, 0.15) is 26.7 Å². The number of halogens is 1. The predicted molar refractivity (Wildman–Crippen MR) is 144 cm³/mol. The van der Waals surface area contributed by atoms with Gasteiger partial charge in [-0.15, -0.1) is 10.2 Å². The van der Waals surface area contributed by atoms with Crippen LogP contribution in [0.5, 0.6) is 0 Å². The molecule has 37 heavy (non-hydrogen) atoms. The van der Waals surface area contributed by atoms with Crippen molar-refractivity contribution in [3.63, 3.8) is 0 Å². The number of rotatable bonds is 9. The van der Waals surface area contributed by atoms with E-state index in [2.05, 4.69) is 20.9 Å². The van der Waals surface area contributed by atoms with Crippen LogP contribution in [0.3, 0.4) is 0 Å². The van der Waals surface area contributed by atoms with Crippen LogP contribution >= 0.6 is 11.6 Å². The van der Waals surface area contributed by atoms with Gasteiger partial charge in [0.25, 0.3) is 0 Å². The van der Waals surface area contributed by atoms with Gasteiger partial charge < -0.3 is 22.1 Å². The normalized spacial score (nSPS) is 10.8. The van der Waals surface area contributed by atoms with Crippen LogP contribution in [-0.4, -0.2) is 23.4 Å². The van der Waals surface area contributed by atoms with Gasteiger partial charge in [-0.25, -0.2) is 0 Å². The summed E-state index contributed by atoms with van der Waals surface area (Å²) in [5.41, 5.74) is 15.0. The summed E-state index contributed by atoms with van der Waals surface area (Å²) in [5.74, 6) is -1.65. The van der Waals surface area contributed by atoms with Crippen molar-refractivity contribution in [2.45, 2.75) is 26.7 Å². The molecule has 11 heteroatoms. The Morgan fingerprint density at radius 3 is 1.95 bits per heavy atom. The van der Waals surface area contributed by atoms with Gasteiger partial charge in [0.2, 0.25) is 11.8 Å². The van der Waals surface area contributed by atoms with Gasteiger partial charge in [0.05, 0.1) is 24.2 Å². The first-order valence-corrected chi connectivity index (χ1v) is 11.5. The number of hydrogen-bond acceptors (Lipinski definition) is 8. The average Bonchev–Trinajstić information content (AvgIpc) is 2.80. The van der Waals surface area contributed by atoms with Crippen LogP contribution in [0.25, 0.3) is 11.1 Å². The summed E-state index contributed by atoms with van der Waals surface area (Å²) >= 11 is 6.04. The number of nitrogen functional groups attached to an aromatic ring is 2. The first-order valence-electron chi connectivity index (χ1n) is 11.1. The first kappa shape index (κ1) is 27.0. The minimum atomic E-state index is -0.531. The molecular formula is C26H25ClN6O4. The minimum absolute atomic E-state index is 0.211. The molecule has 0 heterocycles. The number of nitrogens with one attached hydrogen (secondary N) is 2. The van der Waals surface area contributed by atoms with Crippen molar-refractivity contribution in [3.8, 4) is 11.1 Å². The first-order chi connectivity index (χ1) is 17.5. The summed E-state index contributed by atoms with van der Waals surface area (Å²) < 4.78 is 0. The molecule has 190 valence electrons. The van der Waals surface area contributed by atoms with E-state index in [-0.39, 0.29) is 47.2 Å². The largest absolute Gasteiger partial charge is 0.399 e. The fourth-order valence-corrected chi connectivity index (χ4v) is 3.54. The molecule has 0 aliphatic heterocycles. The summed E-state index contributed by atoms with van der Waals surface area (Å²) in [6.07, 6.45) is -0.623. The number of benzene rings is 3. The Balaban J connectivity index is 2.12. The summed E-state index contributed by atoms with van der Waals surface area (Å²) in [7, 11) is 0. The fourth-order valence-electron chi connectivity index (χ4n) is 3.41. The Hall–Kier alpha value is -4.57. The third-order valence-corrected chi connectivity index (χ3v) is 5.24. The van der Waals surface area contributed by atoms with Crippen LogP contribution in [0.15, 0.2) is 64.8 Å². The molecule has 3 aromatic carbocycles. The molecule has 0 aromatic heterocycles. The Morgan fingerprint density at radius 2 is 1.35 bits per heavy atom. The second-order valence-corrected chi connectivity index (χ2v) is 8.70. The molecule has 0 aliphatic rings. The Bertz CT molecular complexity index is 1400. The highest BCUT2D eigenvalue weighted by Crippen LogP contribution is 2.43. The zero-order valence-corrected chi connectivity index (χ0v) is 20.9. The lowest BCUT2D eigenvalue weighted by molar-refractivity contribution is -0.125. The maximum absolute atomic E-state index is 12.4. The number of hydrogen-bond donors (Lipinski definition) is 4. The van der Waals surface area contributed by atoms with Gasteiger partial charge in [-0.1, -0.05) is 23.7 Å². The average molecular weight is 521 g/mol. The quantitative estimate of drug-likeness (QED) is 0.167. The van der Waals surface area contributed by atoms with E-state index in [9.17, 15) is 19.2 Å². The number of carbonyl (C=O) groups is 4. The molecule has 0 saturated carbocycles. The number of amides is 2. The highest BCUT2D eigenvalue weighted by Gasteiger charge is 2.17. The van der Waals surface area contributed by atoms with Crippen molar-refractivity contribution >= 4 is 69.1 Å². The summed E-state index contributed by atoms with van der Waals surface area (Å²) in [5, 5.41) is 14.5. The Morgan fingerprint density at radius 1 is 0.784 bits per heavy atom. The van der Waals surface area contributed by atoms with Gasteiger partial charge in [0.1, 0.15) is 22.9 Å². The van der Waals surface area contributed by atoms with Crippen LogP contribution in [0.4, 0.5) is 34.1 Å². The van der Waals surface area contributed by atoms with Crippen LogP contribution < -0.4 is 22.1 Å². The van der Waals surface area contributed by atoms with Crippen molar-refractivity contribution in [2.75, 3.05) is 22.1 Å². The Labute approximate surface area is 218 Å². The van der Waals surface area contributed by atoms with E-state index >= 15 is 0 Å². The molecule has 2 amide bonds. The third kappa shape index (κ3) is 7.45. The van der Waals surface area contributed by atoms with E-state index in [1.165, 1.54) is 26.0 Å². The fraction of sp³-hybridized carbons (Fsp3) is 0.154. The number of Topliss-reactive ketones (excluding diaryl/α,β-unsaturated/α-hetero) is 2. The molecule has 0 saturated heterocycles. The van der Waals surface area contributed by atoms with E-state index in [1.807, 2.05) is 0 Å². The molecule has 0 spiro atoms. The molecule has 0 fully saturated rings. The molecule has 0 unspecified atom stereocenters. The third-order valence-electron chi connectivity index (χ3n) is 4.99. The van der Waals surface area contributed by atoms with Gasteiger partial charge in [-0.2, -0.15) is 0 Å². The number of anilines is 4. The van der Waals surface area contributed by atoms with E-state index < -0.39 is 11.8 Å². The molecule has 0 bridgehead atoms. The molecule has 0 atom stereocenters. The van der Waals surface area contributed by atoms with Crippen molar-refractivity contribution in [1.29, 1.82) is 0 Å². The monoisotopic (exact) mass is 520 g/mol. The van der Waals surface area contributed by atoms with E-state index in [0.717, 1.165) is 0 Å². The molecule has 6 N–H and O–H groups in total. The van der Waals surface area contributed by atoms with Gasteiger partial charge in [-0.3, -0.25) is 19.2 Å². The number of ketones is 2. The molecule has 3 rings (SSSR count). The van der Waals surface area contributed by atoms with E-state index in [0.29, 0.717) is 27.5 Å². The van der Waals surface area contributed by atoms with E-state index in [4.69, 9.17) is 23.1 Å². The van der Waals surface area contributed by atoms with Crippen molar-refractivity contribution in [1.82, 2.24) is 0 Å². The van der Waals surface area contributed by atoms with Gasteiger partial charge >= 0.3 is 0 Å². The summed E-state index contributed by atoms with van der Waals surface area (Å²) in [6.45, 7) is 2.62. The lowest BCUT2D eigenvalue weighted by Gasteiger charge is -2.15. The van der Waals surface area contributed by atoms with Crippen LogP contribution in [0, 0.1) is 0 Å².